The van der Waals surface area contributed by atoms with Gasteiger partial charge in [0.15, 0.2) is 6.29 Å². The summed E-state index contributed by atoms with van der Waals surface area (Å²) in [7, 11) is 2.97. The van der Waals surface area contributed by atoms with E-state index < -0.39 is 0 Å². The number of hydrogen-bond acceptors (Lipinski definition) is 6. The minimum absolute atomic E-state index is 0.0327. The highest BCUT2D eigenvalue weighted by atomic mass is 16.5. The number of rotatable bonds is 6. The zero-order valence-corrected chi connectivity index (χ0v) is 14.7. The standard InChI is InChI=1S/C20H18N2O4/c1-13-7-9-14(10-8-13)15-5-4-6-17(16(15)12-23)26-20-21-18(24-2)11-19(22-20)25-3/h4-12H,1-3H3. The van der Waals surface area contributed by atoms with Crippen molar-refractivity contribution >= 4 is 6.29 Å². The first kappa shape index (κ1) is 17.4. The first-order valence-corrected chi connectivity index (χ1v) is 7.94. The van der Waals surface area contributed by atoms with E-state index in [9.17, 15) is 4.79 Å². The number of methoxy groups -OCH3 is 2. The molecule has 0 atom stereocenters. The van der Waals surface area contributed by atoms with Crippen molar-refractivity contribution in [3.63, 3.8) is 0 Å². The Bertz CT molecular complexity index is 901. The van der Waals surface area contributed by atoms with Crippen LogP contribution in [0.5, 0.6) is 23.5 Å². The fraction of sp³-hybridized carbons (Fsp3) is 0.150. The van der Waals surface area contributed by atoms with Crippen molar-refractivity contribution in [1.82, 2.24) is 9.97 Å². The molecule has 0 N–H and O–H groups in total. The second-order valence-corrected chi connectivity index (χ2v) is 5.54. The molecule has 6 heteroatoms. The molecule has 26 heavy (non-hydrogen) atoms. The van der Waals surface area contributed by atoms with Crippen LogP contribution in [0.4, 0.5) is 0 Å². The fourth-order valence-corrected chi connectivity index (χ4v) is 2.48. The van der Waals surface area contributed by atoms with Crippen molar-refractivity contribution < 1.29 is 19.0 Å². The second-order valence-electron chi connectivity index (χ2n) is 5.54. The Labute approximate surface area is 151 Å². The predicted octanol–water partition coefficient (Wildman–Crippen LogP) is 4.07. The molecular weight excluding hydrogens is 332 g/mol. The van der Waals surface area contributed by atoms with Gasteiger partial charge in [-0.2, -0.15) is 9.97 Å². The molecule has 0 saturated heterocycles. The van der Waals surface area contributed by atoms with E-state index in [1.54, 1.807) is 6.07 Å². The van der Waals surface area contributed by atoms with Gasteiger partial charge in [-0.25, -0.2) is 0 Å². The number of carbonyl (C=O) groups is 1. The fourth-order valence-electron chi connectivity index (χ4n) is 2.48. The quantitative estimate of drug-likeness (QED) is 0.624. The zero-order chi connectivity index (χ0) is 18.5. The third kappa shape index (κ3) is 3.64. The van der Waals surface area contributed by atoms with E-state index in [1.807, 2.05) is 43.3 Å². The van der Waals surface area contributed by atoms with Crippen LogP contribution in [0.1, 0.15) is 15.9 Å². The summed E-state index contributed by atoms with van der Waals surface area (Å²) in [5.74, 6) is 0.955. The molecule has 0 radical (unpaired) electrons. The van der Waals surface area contributed by atoms with Gasteiger partial charge < -0.3 is 14.2 Å². The molecule has 2 aromatic carbocycles. The van der Waals surface area contributed by atoms with Crippen LogP contribution in [0.15, 0.2) is 48.5 Å². The van der Waals surface area contributed by atoms with Gasteiger partial charge in [0.05, 0.1) is 25.8 Å². The van der Waals surface area contributed by atoms with Crippen molar-refractivity contribution in [2.45, 2.75) is 6.92 Å². The van der Waals surface area contributed by atoms with Gasteiger partial charge in [-0.3, -0.25) is 4.79 Å². The lowest BCUT2D eigenvalue weighted by molar-refractivity contribution is 0.112. The summed E-state index contributed by atoms with van der Waals surface area (Å²) >= 11 is 0. The van der Waals surface area contributed by atoms with Crippen LogP contribution in [0.2, 0.25) is 0 Å². The number of benzene rings is 2. The first-order valence-electron chi connectivity index (χ1n) is 7.94. The third-order valence-electron chi connectivity index (χ3n) is 3.82. The van der Waals surface area contributed by atoms with E-state index in [2.05, 4.69) is 9.97 Å². The minimum Gasteiger partial charge on any atom is -0.481 e. The van der Waals surface area contributed by atoms with Gasteiger partial charge in [0.2, 0.25) is 11.8 Å². The monoisotopic (exact) mass is 350 g/mol. The van der Waals surface area contributed by atoms with Crippen LogP contribution in [0, 0.1) is 6.92 Å². The summed E-state index contributed by atoms with van der Waals surface area (Å²) in [6.07, 6.45) is 0.766. The highest BCUT2D eigenvalue weighted by Gasteiger charge is 2.14. The molecule has 0 bridgehead atoms. The molecule has 0 aliphatic rings. The molecule has 1 aromatic heterocycles. The van der Waals surface area contributed by atoms with Crippen molar-refractivity contribution in [2.24, 2.45) is 0 Å². The largest absolute Gasteiger partial charge is 0.481 e. The SMILES string of the molecule is COc1cc(OC)nc(Oc2cccc(-c3ccc(C)cc3)c2C=O)n1. The highest BCUT2D eigenvalue weighted by molar-refractivity contribution is 5.91. The maximum atomic E-state index is 11.8. The molecule has 3 rings (SSSR count). The van der Waals surface area contributed by atoms with Crippen molar-refractivity contribution in [2.75, 3.05) is 14.2 Å². The molecule has 3 aromatic rings. The molecule has 0 saturated carbocycles. The van der Waals surface area contributed by atoms with Gasteiger partial charge in [-0.15, -0.1) is 0 Å². The van der Waals surface area contributed by atoms with Gasteiger partial charge in [-0.1, -0.05) is 42.0 Å². The van der Waals surface area contributed by atoms with Crippen LogP contribution in [0.3, 0.4) is 0 Å². The first-order chi connectivity index (χ1) is 12.6. The van der Waals surface area contributed by atoms with Gasteiger partial charge in [-0.05, 0) is 24.1 Å². The average Bonchev–Trinajstić information content (AvgIpc) is 2.68. The summed E-state index contributed by atoms with van der Waals surface area (Å²) in [4.78, 5) is 20.0. The van der Waals surface area contributed by atoms with E-state index in [0.717, 1.165) is 23.0 Å². The Balaban J connectivity index is 2.02. The molecule has 0 unspecified atom stereocenters. The second kappa shape index (κ2) is 7.65. The summed E-state index contributed by atoms with van der Waals surface area (Å²) in [5, 5.41) is 0. The summed E-state index contributed by atoms with van der Waals surface area (Å²) in [6.45, 7) is 2.01. The van der Waals surface area contributed by atoms with Crippen LogP contribution in [0.25, 0.3) is 11.1 Å². The summed E-state index contributed by atoms with van der Waals surface area (Å²) < 4.78 is 16.0. The molecule has 0 spiro atoms. The summed E-state index contributed by atoms with van der Waals surface area (Å²) in [6, 6.07) is 14.9. The van der Waals surface area contributed by atoms with Crippen LogP contribution >= 0.6 is 0 Å². The number of hydrogen-bond donors (Lipinski definition) is 0. The van der Waals surface area contributed by atoms with E-state index >= 15 is 0 Å². The van der Waals surface area contributed by atoms with E-state index in [1.165, 1.54) is 20.3 Å². The molecular formula is C20H18N2O4. The topological polar surface area (TPSA) is 70.5 Å². The lowest BCUT2D eigenvalue weighted by atomic mass is 9.99. The number of carbonyl (C=O) groups excluding carboxylic acids is 1. The third-order valence-corrected chi connectivity index (χ3v) is 3.82. The van der Waals surface area contributed by atoms with E-state index in [-0.39, 0.29) is 6.01 Å². The number of aromatic nitrogens is 2. The number of aryl methyl sites for hydroxylation is 1. The lowest BCUT2D eigenvalue weighted by Crippen LogP contribution is -2.00. The van der Waals surface area contributed by atoms with Crippen molar-refractivity contribution in [3.05, 3.63) is 59.7 Å². The lowest BCUT2D eigenvalue weighted by Gasteiger charge is -2.12. The molecule has 0 fully saturated rings. The van der Waals surface area contributed by atoms with Gasteiger partial charge in [0.1, 0.15) is 5.75 Å². The Morgan fingerprint density at radius 2 is 1.58 bits per heavy atom. The summed E-state index contributed by atoms with van der Waals surface area (Å²) in [5.41, 5.74) is 3.26. The van der Waals surface area contributed by atoms with E-state index in [4.69, 9.17) is 14.2 Å². The molecule has 132 valence electrons. The molecule has 1 heterocycles. The maximum absolute atomic E-state index is 11.8. The predicted molar refractivity (Wildman–Crippen MR) is 97.2 cm³/mol. The normalized spacial score (nSPS) is 10.3. The van der Waals surface area contributed by atoms with Crippen LogP contribution in [-0.2, 0) is 0 Å². The minimum atomic E-state index is 0.0327. The van der Waals surface area contributed by atoms with Crippen molar-refractivity contribution in [3.8, 4) is 34.6 Å². The van der Waals surface area contributed by atoms with E-state index in [0.29, 0.717) is 23.1 Å². The number of nitrogens with zero attached hydrogens (tertiary/aromatic N) is 2. The Morgan fingerprint density at radius 1 is 0.923 bits per heavy atom. The number of aldehydes is 1. The van der Waals surface area contributed by atoms with Crippen molar-refractivity contribution in [1.29, 1.82) is 0 Å². The van der Waals surface area contributed by atoms with Gasteiger partial charge in [0.25, 0.3) is 0 Å². The smallest absolute Gasteiger partial charge is 0.328 e. The Kier molecular flexibility index (Phi) is 5.12. The number of ether oxygens (including phenoxy) is 3. The molecule has 0 amide bonds. The van der Waals surface area contributed by atoms with Gasteiger partial charge >= 0.3 is 6.01 Å². The van der Waals surface area contributed by atoms with Crippen LogP contribution < -0.4 is 14.2 Å². The Morgan fingerprint density at radius 3 is 2.15 bits per heavy atom. The molecule has 0 aliphatic heterocycles. The highest BCUT2D eigenvalue weighted by Crippen LogP contribution is 2.32. The van der Waals surface area contributed by atoms with Crippen LogP contribution in [-0.4, -0.2) is 30.5 Å². The average molecular weight is 350 g/mol. The zero-order valence-electron chi connectivity index (χ0n) is 14.7. The Hall–Kier alpha value is -3.41. The maximum Gasteiger partial charge on any atom is 0.328 e. The molecule has 0 aliphatic carbocycles. The molecule has 6 nitrogen and oxygen atoms in total. The van der Waals surface area contributed by atoms with Gasteiger partial charge in [0, 0.05) is 0 Å².